The summed E-state index contributed by atoms with van der Waals surface area (Å²) >= 11 is 1.55. The standard InChI is InChI=1S/C13H17N3OS/c1-2-4-12-11(3-1)13(18-15-12)14-5-6-16-7-9-17-10-8-16/h1-4,14H,5-10H2. The van der Waals surface area contributed by atoms with Crippen molar-refractivity contribution in [3.8, 4) is 0 Å². The molecule has 0 saturated carbocycles. The third-order valence-electron chi connectivity index (χ3n) is 3.20. The normalized spacial score (nSPS) is 17.1. The highest BCUT2D eigenvalue weighted by Crippen LogP contribution is 2.26. The molecule has 2 heterocycles. The Labute approximate surface area is 111 Å². The smallest absolute Gasteiger partial charge is 0.117 e. The van der Waals surface area contributed by atoms with Gasteiger partial charge in [-0.2, -0.15) is 4.37 Å². The van der Waals surface area contributed by atoms with Crippen LogP contribution in [0.5, 0.6) is 0 Å². The molecular formula is C13H17N3OS. The molecule has 0 atom stereocenters. The Bertz CT molecular complexity index is 508. The van der Waals surface area contributed by atoms with E-state index in [4.69, 9.17) is 4.74 Å². The van der Waals surface area contributed by atoms with Crippen molar-refractivity contribution in [1.29, 1.82) is 0 Å². The molecular weight excluding hydrogens is 246 g/mol. The molecule has 1 fully saturated rings. The van der Waals surface area contributed by atoms with Gasteiger partial charge in [-0.25, -0.2) is 0 Å². The summed E-state index contributed by atoms with van der Waals surface area (Å²) in [5.41, 5.74) is 1.08. The second-order valence-electron chi connectivity index (χ2n) is 4.41. The number of aromatic nitrogens is 1. The first kappa shape index (κ1) is 11.9. The number of morpholine rings is 1. The molecule has 1 N–H and O–H groups in total. The van der Waals surface area contributed by atoms with Crippen LogP contribution in [-0.2, 0) is 4.74 Å². The second-order valence-corrected chi connectivity index (χ2v) is 5.18. The maximum Gasteiger partial charge on any atom is 0.117 e. The van der Waals surface area contributed by atoms with Gasteiger partial charge in [0.15, 0.2) is 0 Å². The summed E-state index contributed by atoms with van der Waals surface area (Å²) in [5, 5.41) is 5.89. The topological polar surface area (TPSA) is 37.4 Å². The summed E-state index contributed by atoms with van der Waals surface area (Å²) in [6.45, 7) is 5.85. The van der Waals surface area contributed by atoms with E-state index >= 15 is 0 Å². The summed E-state index contributed by atoms with van der Waals surface area (Å²) in [6, 6.07) is 8.26. The number of ether oxygens (including phenoxy) is 1. The van der Waals surface area contributed by atoms with Crippen LogP contribution >= 0.6 is 11.5 Å². The summed E-state index contributed by atoms with van der Waals surface area (Å²) in [4.78, 5) is 2.43. The van der Waals surface area contributed by atoms with E-state index in [-0.39, 0.29) is 0 Å². The van der Waals surface area contributed by atoms with Crippen LogP contribution in [0.25, 0.3) is 10.9 Å². The zero-order valence-electron chi connectivity index (χ0n) is 10.3. The third-order valence-corrected chi connectivity index (χ3v) is 4.04. The minimum Gasteiger partial charge on any atom is -0.379 e. The van der Waals surface area contributed by atoms with Gasteiger partial charge >= 0.3 is 0 Å². The summed E-state index contributed by atoms with van der Waals surface area (Å²) in [6.07, 6.45) is 0. The number of fused-ring (bicyclic) bond motifs is 1. The van der Waals surface area contributed by atoms with Gasteiger partial charge in [0, 0.05) is 31.6 Å². The molecule has 1 aromatic heterocycles. The largest absolute Gasteiger partial charge is 0.379 e. The average Bonchev–Trinajstić information content (AvgIpc) is 2.84. The molecule has 1 aromatic carbocycles. The molecule has 1 aliphatic heterocycles. The lowest BCUT2D eigenvalue weighted by Crippen LogP contribution is -2.38. The fourth-order valence-electron chi connectivity index (χ4n) is 2.17. The van der Waals surface area contributed by atoms with Crippen LogP contribution in [0.4, 0.5) is 5.00 Å². The van der Waals surface area contributed by atoms with Crippen LogP contribution < -0.4 is 5.32 Å². The van der Waals surface area contributed by atoms with Crippen LogP contribution in [-0.4, -0.2) is 48.7 Å². The minimum absolute atomic E-state index is 0.865. The Hall–Kier alpha value is -1.17. The summed E-state index contributed by atoms with van der Waals surface area (Å²) in [7, 11) is 0. The summed E-state index contributed by atoms with van der Waals surface area (Å²) < 4.78 is 9.77. The molecule has 0 unspecified atom stereocenters. The lowest BCUT2D eigenvalue weighted by atomic mass is 10.2. The zero-order chi connectivity index (χ0) is 12.2. The van der Waals surface area contributed by atoms with E-state index < -0.39 is 0 Å². The molecule has 3 rings (SSSR count). The van der Waals surface area contributed by atoms with Crippen LogP contribution in [0.1, 0.15) is 0 Å². The van der Waals surface area contributed by atoms with Crippen molar-refractivity contribution in [3.05, 3.63) is 24.3 Å². The molecule has 2 aromatic rings. The van der Waals surface area contributed by atoms with E-state index in [9.17, 15) is 0 Å². The van der Waals surface area contributed by atoms with Crippen molar-refractivity contribution >= 4 is 27.4 Å². The van der Waals surface area contributed by atoms with Gasteiger partial charge in [-0.05, 0) is 23.7 Å². The van der Waals surface area contributed by atoms with E-state index in [1.807, 2.05) is 6.07 Å². The number of rotatable bonds is 4. The van der Waals surface area contributed by atoms with Gasteiger partial charge < -0.3 is 10.1 Å². The van der Waals surface area contributed by atoms with Crippen molar-refractivity contribution in [3.63, 3.8) is 0 Å². The highest BCUT2D eigenvalue weighted by molar-refractivity contribution is 7.11. The first-order valence-electron chi connectivity index (χ1n) is 6.32. The first-order chi connectivity index (χ1) is 8.93. The van der Waals surface area contributed by atoms with E-state index in [0.29, 0.717) is 0 Å². The van der Waals surface area contributed by atoms with Crippen molar-refractivity contribution in [2.24, 2.45) is 0 Å². The number of hydrogen-bond donors (Lipinski definition) is 1. The fraction of sp³-hybridized carbons (Fsp3) is 0.462. The Morgan fingerprint density at radius 2 is 2.11 bits per heavy atom. The number of nitrogens with zero attached hydrogens (tertiary/aromatic N) is 2. The van der Waals surface area contributed by atoms with E-state index in [1.165, 1.54) is 10.4 Å². The Morgan fingerprint density at radius 3 is 3.00 bits per heavy atom. The lowest BCUT2D eigenvalue weighted by Gasteiger charge is -2.26. The maximum atomic E-state index is 5.34. The first-order valence-corrected chi connectivity index (χ1v) is 7.09. The molecule has 0 bridgehead atoms. The van der Waals surface area contributed by atoms with Crippen molar-refractivity contribution in [2.75, 3.05) is 44.7 Å². The van der Waals surface area contributed by atoms with E-state index in [2.05, 4.69) is 32.8 Å². The van der Waals surface area contributed by atoms with Gasteiger partial charge in [-0.1, -0.05) is 12.1 Å². The quantitative estimate of drug-likeness (QED) is 0.916. The van der Waals surface area contributed by atoms with Crippen LogP contribution in [0.15, 0.2) is 24.3 Å². The van der Waals surface area contributed by atoms with Crippen LogP contribution in [0.3, 0.4) is 0 Å². The SMILES string of the molecule is c1ccc2c(NCCN3CCOCC3)snc2c1. The van der Waals surface area contributed by atoms with Crippen LogP contribution in [0, 0.1) is 0 Å². The number of anilines is 1. The molecule has 5 heteroatoms. The van der Waals surface area contributed by atoms with Crippen molar-refractivity contribution in [2.45, 2.75) is 0 Å². The number of nitrogens with one attached hydrogen (secondary N) is 1. The Balaban J connectivity index is 1.56. The maximum absolute atomic E-state index is 5.34. The van der Waals surface area contributed by atoms with Gasteiger partial charge in [0.05, 0.1) is 18.7 Å². The predicted molar refractivity (Wildman–Crippen MR) is 75.4 cm³/mol. The molecule has 0 spiro atoms. The number of benzene rings is 1. The fourth-order valence-corrected chi connectivity index (χ4v) is 2.96. The van der Waals surface area contributed by atoms with E-state index in [0.717, 1.165) is 44.9 Å². The average molecular weight is 263 g/mol. The molecule has 0 aliphatic carbocycles. The molecule has 0 amide bonds. The molecule has 1 saturated heterocycles. The van der Waals surface area contributed by atoms with Crippen LogP contribution in [0.2, 0.25) is 0 Å². The van der Waals surface area contributed by atoms with Crippen molar-refractivity contribution < 1.29 is 4.74 Å². The van der Waals surface area contributed by atoms with Gasteiger partial charge in [0.2, 0.25) is 0 Å². The van der Waals surface area contributed by atoms with Gasteiger partial charge in [-0.15, -0.1) is 0 Å². The minimum atomic E-state index is 0.865. The third kappa shape index (κ3) is 2.63. The monoisotopic (exact) mass is 263 g/mol. The number of hydrogen-bond acceptors (Lipinski definition) is 5. The second kappa shape index (κ2) is 5.65. The van der Waals surface area contributed by atoms with Gasteiger partial charge in [0.25, 0.3) is 0 Å². The molecule has 96 valence electrons. The van der Waals surface area contributed by atoms with E-state index in [1.54, 1.807) is 11.5 Å². The molecule has 0 radical (unpaired) electrons. The zero-order valence-corrected chi connectivity index (χ0v) is 11.1. The highest BCUT2D eigenvalue weighted by Gasteiger charge is 2.10. The van der Waals surface area contributed by atoms with Crippen molar-refractivity contribution in [1.82, 2.24) is 9.27 Å². The Morgan fingerprint density at radius 1 is 1.28 bits per heavy atom. The Kier molecular flexibility index (Phi) is 3.73. The molecule has 18 heavy (non-hydrogen) atoms. The highest BCUT2D eigenvalue weighted by atomic mass is 32.1. The molecule has 4 nitrogen and oxygen atoms in total. The van der Waals surface area contributed by atoms with Gasteiger partial charge in [0.1, 0.15) is 5.00 Å². The lowest BCUT2D eigenvalue weighted by molar-refractivity contribution is 0.0398. The van der Waals surface area contributed by atoms with Gasteiger partial charge in [-0.3, -0.25) is 4.90 Å². The summed E-state index contributed by atoms with van der Waals surface area (Å²) in [5.74, 6) is 0. The molecule has 1 aliphatic rings. The predicted octanol–water partition coefficient (Wildman–Crippen LogP) is 2.04.